The van der Waals surface area contributed by atoms with E-state index in [1.165, 1.54) is 7.11 Å². The zero-order valence-corrected chi connectivity index (χ0v) is 14.9. The van der Waals surface area contributed by atoms with E-state index in [0.717, 1.165) is 24.1 Å². The van der Waals surface area contributed by atoms with E-state index < -0.39 is 0 Å². The molecule has 4 N–H and O–H groups in total. The van der Waals surface area contributed by atoms with Crippen LogP contribution in [0.4, 0.5) is 5.82 Å². The number of nitrogen functional groups attached to an aromatic ring is 1. The molecule has 0 unspecified atom stereocenters. The predicted molar refractivity (Wildman–Crippen MR) is 96.9 cm³/mol. The molecule has 1 heterocycles. The van der Waals surface area contributed by atoms with Gasteiger partial charge in [-0.15, -0.1) is 0 Å². The molecular formula is C18H19ClN4O2. The van der Waals surface area contributed by atoms with E-state index in [4.69, 9.17) is 32.5 Å². The third kappa shape index (κ3) is 2.86. The summed E-state index contributed by atoms with van der Waals surface area (Å²) in [5.74, 6) is 1.13. The topological polar surface area (TPSA) is 107 Å². The van der Waals surface area contributed by atoms with Gasteiger partial charge in [0.25, 0.3) is 0 Å². The molecule has 0 saturated heterocycles. The van der Waals surface area contributed by atoms with Gasteiger partial charge in [0.05, 0.1) is 19.2 Å². The van der Waals surface area contributed by atoms with Crippen molar-refractivity contribution in [2.24, 2.45) is 5.73 Å². The lowest BCUT2D eigenvalue weighted by Crippen LogP contribution is -2.29. The first-order chi connectivity index (χ1) is 12.0. The van der Waals surface area contributed by atoms with E-state index in [2.05, 4.69) is 11.1 Å². The molecule has 1 aliphatic carbocycles. The summed E-state index contributed by atoms with van der Waals surface area (Å²) in [7, 11) is 3.06. The maximum atomic E-state index is 9.65. The standard InChI is InChI=1S/C18H19ClN4O2/c1-24-14-6-4-10(16(19)17(14)25-2)15-11-7-9(21)3-5-13(11)23-18(22)12(15)8-20/h4,6,9H,3,5,7,21H2,1-2H3,(H2,22,23)/t9-/m0/s1. The minimum absolute atomic E-state index is 0.0159. The molecule has 0 radical (unpaired) electrons. The number of nitrogens with zero attached hydrogens (tertiary/aromatic N) is 2. The Morgan fingerprint density at radius 2 is 2.08 bits per heavy atom. The van der Waals surface area contributed by atoms with Gasteiger partial charge in [-0.2, -0.15) is 5.26 Å². The second-order valence-corrected chi connectivity index (χ2v) is 6.33. The number of halogens is 1. The molecule has 0 bridgehead atoms. The van der Waals surface area contributed by atoms with E-state index in [0.29, 0.717) is 39.6 Å². The van der Waals surface area contributed by atoms with E-state index >= 15 is 0 Å². The summed E-state index contributed by atoms with van der Waals surface area (Å²) in [5.41, 5.74) is 15.6. The van der Waals surface area contributed by atoms with Crippen molar-refractivity contribution in [3.63, 3.8) is 0 Å². The minimum atomic E-state index is 0.0159. The number of rotatable bonds is 3. The van der Waals surface area contributed by atoms with Crippen LogP contribution in [0.3, 0.4) is 0 Å². The summed E-state index contributed by atoms with van der Waals surface area (Å²) < 4.78 is 10.7. The fraction of sp³-hybridized carbons (Fsp3) is 0.333. The minimum Gasteiger partial charge on any atom is -0.493 e. The Labute approximate surface area is 151 Å². The molecule has 0 fully saturated rings. The molecule has 1 atom stereocenters. The van der Waals surface area contributed by atoms with Gasteiger partial charge >= 0.3 is 0 Å². The van der Waals surface area contributed by atoms with Gasteiger partial charge in [-0.05, 0) is 37.0 Å². The maximum absolute atomic E-state index is 9.65. The van der Waals surface area contributed by atoms with Crippen LogP contribution in [0.5, 0.6) is 11.5 Å². The first kappa shape index (κ1) is 17.3. The number of benzene rings is 1. The molecular weight excluding hydrogens is 340 g/mol. The molecule has 25 heavy (non-hydrogen) atoms. The van der Waals surface area contributed by atoms with Gasteiger partial charge in [0.15, 0.2) is 11.5 Å². The van der Waals surface area contributed by atoms with E-state index in [1.54, 1.807) is 19.2 Å². The second-order valence-electron chi connectivity index (χ2n) is 5.95. The number of anilines is 1. The van der Waals surface area contributed by atoms with Gasteiger partial charge in [0.2, 0.25) is 0 Å². The first-order valence-corrected chi connectivity index (χ1v) is 8.27. The Morgan fingerprint density at radius 3 is 2.72 bits per heavy atom. The molecule has 0 spiro atoms. The molecule has 1 aliphatic rings. The van der Waals surface area contributed by atoms with Crippen molar-refractivity contribution >= 4 is 17.4 Å². The van der Waals surface area contributed by atoms with Crippen LogP contribution < -0.4 is 20.9 Å². The number of hydrogen-bond donors (Lipinski definition) is 2. The lowest BCUT2D eigenvalue weighted by atomic mass is 9.84. The molecule has 0 aliphatic heterocycles. The van der Waals surface area contributed by atoms with Gasteiger partial charge < -0.3 is 20.9 Å². The molecule has 0 amide bonds. The summed E-state index contributed by atoms with van der Waals surface area (Å²) >= 11 is 6.58. The fourth-order valence-electron chi connectivity index (χ4n) is 3.30. The van der Waals surface area contributed by atoms with Gasteiger partial charge in [-0.25, -0.2) is 4.98 Å². The Bertz CT molecular complexity index is 877. The molecule has 0 saturated carbocycles. The summed E-state index contributed by atoms with van der Waals surface area (Å²) in [6, 6.07) is 5.74. The van der Waals surface area contributed by atoms with Crippen molar-refractivity contribution in [3.05, 3.63) is 34.0 Å². The Hall–Kier alpha value is -2.49. The smallest absolute Gasteiger partial charge is 0.180 e. The average molecular weight is 359 g/mol. The van der Waals surface area contributed by atoms with E-state index in [9.17, 15) is 5.26 Å². The highest BCUT2D eigenvalue weighted by Gasteiger charge is 2.27. The highest BCUT2D eigenvalue weighted by atomic mass is 35.5. The molecule has 3 rings (SSSR count). The van der Waals surface area contributed by atoms with Crippen LogP contribution in [-0.4, -0.2) is 25.2 Å². The third-order valence-corrected chi connectivity index (χ3v) is 4.87. The zero-order valence-electron chi connectivity index (χ0n) is 14.1. The van der Waals surface area contributed by atoms with Crippen LogP contribution in [0, 0.1) is 11.3 Å². The number of hydrogen-bond acceptors (Lipinski definition) is 6. The highest BCUT2D eigenvalue weighted by Crippen LogP contribution is 2.45. The largest absolute Gasteiger partial charge is 0.493 e. The summed E-state index contributed by atoms with van der Waals surface area (Å²) in [6.45, 7) is 0. The Kier molecular flexibility index (Phi) is 4.71. The summed E-state index contributed by atoms with van der Waals surface area (Å²) in [6.07, 6.45) is 2.19. The van der Waals surface area contributed by atoms with Crippen LogP contribution in [-0.2, 0) is 12.8 Å². The molecule has 1 aromatic heterocycles. The number of ether oxygens (including phenoxy) is 2. The summed E-state index contributed by atoms with van der Waals surface area (Å²) in [5, 5.41) is 10.0. The van der Waals surface area contributed by atoms with Crippen LogP contribution in [0.25, 0.3) is 11.1 Å². The lowest BCUT2D eigenvalue weighted by Gasteiger charge is -2.25. The van der Waals surface area contributed by atoms with Crippen molar-refractivity contribution in [3.8, 4) is 28.7 Å². The molecule has 2 aromatic rings. The molecule has 1 aromatic carbocycles. The molecule has 130 valence electrons. The Morgan fingerprint density at radius 1 is 1.32 bits per heavy atom. The van der Waals surface area contributed by atoms with Crippen LogP contribution in [0.15, 0.2) is 12.1 Å². The zero-order chi connectivity index (χ0) is 18.1. The van der Waals surface area contributed by atoms with Crippen LogP contribution in [0.2, 0.25) is 5.02 Å². The highest BCUT2D eigenvalue weighted by molar-refractivity contribution is 6.35. The lowest BCUT2D eigenvalue weighted by molar-refractivity contribution is 0.355. The molecule has 7 heteroatoms. The average Bonchev–Trinajstić information content (AvgIpc) is 2.61. The molecule has 6 nitrogen and oxygen atoms in total. The van der Waals surface area contributed by atoms with Gasteiger partial charge in [0.1, 0.15) is 17.5 Å². The monoisotopic (exact) mass is 358 g/mol. The van der Waals surface area contributed by atoms with Crippen molar-refractivity contribution in [1.82, 2.24) is 4.98 Å². The predicted octanol–water partition coefficient (Wildman–Crippen LogP) is 2.69. The van der Waals surface area contributed by atoms with Gasteiger partial charge in [-0.1, -0.05) is 11.6 Å². The number of aryl methyl sites for hydroxylation is 1. The van der Waals surface area contributed by atoms with Crippen molar-refractivity contribution in [1.29, 1.82) is 5.26 Å². The Balaban J connectivity index is 2.34. The van der Waals surface area contributed by atoms with Crippen molar-refractivity contribution in [2.75, 3.05) is 20.0 Å². The van der Waals surface area contributed by atoms with E-state index in [-0.39, 0.29) is 11.9 Å². The third-order valence-electron chi connectivity index (χ3n) is 4.50. The fourth-order valence-corrected chi connectivity index (χ4v) is 3.63. The number of pyridine rings is 1. The maximum Gasteiger partial charge on any atom is 0.180 e. The number of aromatic nitrogens is 1. The quantitative estimate of drug-likeness (QED) is 0.873. The normalized spacial score (nSPS) is 16.0. The van der Waals surface area contributed by atoms with Crippen molar-refractivity contribution < 1.29 is 9.47 Å². The van der Waals surface area contributed by atoms with Gasteiger partial charge in [-0.3, -0.25) is 0 Å². The number of nitrogens with two attached hydrogens (primary N) is 2. The number of nitriles is 1. The number of methoxy groups -OCH3 is 2. The SMILES string of the molecule is COc1ccc(-c2c(C#N)c(N)nc3c2C[C@@H](N)CC3)c(Cl)c1OC. The first-order valence-electron chi connectivity index (χ1n) is 7.89. The van der Waals surface area contributed by atoms with Gasteiger partial charge in [0, 0.05) is 22.9 Å². The van der Waals surface area contributed by atoms with Crippen LogP contribution >= 0.6 is 11.6 Å². The summed E-state index contributed by atoms with van der Waals surface area (Å²) in [4.78, 5) is 4.41. The number of fused-ring (bicyclic) bond motifs is 1. The van der Waals surface area contributed by atoms with E-state index in [1.807, 2.05) is 0 Å². The van der Waals surface area contributed by atoms with Crippen molar-refractivity contribution in [2.45, 2.75) is 25.3 Å². The van der Waals surface area contributed by atoms with Crippen LogP contribution in [0.1, 0.15) is 23.2 Å². The second kappa shape index (κ2) is 6.79.